The largest absolute Gasteiger partial charge is 0.507 e. The third-order valence-electron chi connectivity index (χ3n) is 2.96. The quantitative estimate of drug-likeness (QED) is 0.836. The molecule has 1 N–H and O–H groups in total. The van der Waals surface area contributed by atoms with Crippen LogP contribution in [0.4, 0.5) is 0 Å². The first-order valence-electron chi connectivity index (χ1n) is 6.20. The highest BCUT2D eigenvalue weighted by molar-refractivity contribution is 6.30. The van der Waals surface area contributed by atoms with Crippen LogP contribution in [0.2, 0.25) is 5.02 Å². The van der Waals surface area contributed by atoms with Crippen LogP contribution >= 0.6 is 11.6 Å². The van der Waals surface area contributed by atoms with Crippen LogP contribution in [-0.2, 0) is 6.42 Å². The number of nitrogens with zero attached hydrogens (tertiary/aromatic N) is 1. The maximum Gasteiger partial charge on any atom is 0.124 e. The molecule has 0 radical (unpaired) electrons. The Bertz CT molecular complexity index is 576. The fourth-order valence-electron chi connectivity index (χ4n) is 1.87. The van der Waals surface area contributed by atoms with Crippen molar-refractivity contribution in [2.24, 2.45) is 4.99 Å². The predicted molar refractivity (Wildman–Crippen MR) is 80.3 cm³/mol. The van der Waals surface area contributed by atoms with Crippen LogP contribution in [0.15, 0.2) is 53.5 Å². The van der Waals surface area contributed by atoms with Crippen LogP contribution in [0, 0.1) is 0 Å². The normalized spacial score (nSPS) is 11.6. The molecular weight excluding hydrogens is 258 g/mol. The van der Waals surface area contributed by atoms with E-state index in [1.807, 2.05) is 43.3 Å². The lowest BCUT2D eigenvalue weighted by molar-refractivity contribution is 0.474. The van der Waals surface area contributed by atoms with Crippen molar-refractivity contribution in [2.45, 2.75) is 13.3 Å². The summed E-state index contributed by atoms with van der Waals surface area (Å²) in [7, 11) is 0. The Morgan fingerprint density at radius 3 is 2.47 bits per heavy atom. The lowest BCUT2D eigenvalue weighted by Gasteiger charge is -2.04. The molecule has 0 unspecified atom stereocenters. The van der Waals surface area contributed by atoms with Crippen molar-refractivity contribution in [2.75, 3.05) is 6.54 Å². The molecule has 0 aromatic heterocycles. The van der Waals surface area contributed by atoms with E-state index in [0.717, 1.165) is 22.7 Å². The number of phenolic OH excluding ortho intramolecular Hbond substituents is 1. The van der Waals surface area contributed by atoms with Crippen LogP contribution in [0.3, 0.4) is 0 Å². The van der Waals surface area contributed by atoms with Crippen LogP contribution in [0.1, 0.15) is 18.1 Å². The van der Waals surface area contributed by atoms with Crippen molar-refractivity contribution in [3.63, 3.8) is 0 Å². The molecule has 98 valence electrons. The molecule has 2 aromatic rings. The monoisotopic (exact) mass is 273 g/mol. The summed E-state index contributed by atoms with van der Waals surface area (Å²) in [6.45, 7) is 2.61. The van der Waals surface area contributed by atoms with Gasteiger partial charge in [0.1, 0.15) is 5.75 Å². The average molecular weight is 274 g/mol. The van der Waals surface area contributed by atoms with Gasteiger partial charge in [0.05, 0.1) is 0 Å². The van der Waals surface area contributed by atoms with Gasteiger partial charge in [0, 0.05) is 22.8 Å². The fourth-order valence-corrected chi connectivity index (χ4v) is 1.99. The average Bonchev–Trinajstić information content (AvgIpc) is 2.41. The summed E-state index contributed by atoms with van der Waals surface area (Å²) < 4.78 is 0. The highest BCUT2D eigenvalue weighted by atomic mass is 35.5. The Hall–Kier alpha value is -1.80. The smallest absolute Gasteiger partial charge is 0.124 e. The van der Waals surface area contributed by atoms with E-state index in [1.54, 1.807) is 12.1 Å². The van der Waals surface area contributed by atoms with Gasteiger partial charge < -0.3 is 5.11 Å². The van der Waals surface area contributed by atoms with Gasteiger partial charge in [-0.1, -0.05) is 35.9 Å². The minimum atomic E-state index is 0.273. The Balaban J connectivity index is 1.99. The summed E-state index contributed by atoms with van der Waals surface area (Å²) in [5, 5.41) is 10.5. The molecule has 0 saturated heterocycles. The van der Waals surface area contributed by atoms with Crippen molar-refractivity contribution in [1.82, 2.24) is 0 Å². The summed E-state index contributed by atoms with van der Waals surface area (Å²) in [6.07, 6.45) is 0.863. The van der Waals surface area contributed by atoms with E-state index in [4.69, 9.17) is 11.6 Å². The number of hydrogen-bond acceptors (Lipinski definition) is 2. The number of phenols is 1. The van der Waals surface area contributed by atoms with Crippen LogP contribution in [0.25, 0.3) is 0 Å². The number of benzene rings is 2. The van der Waals surface area contributed by atoms with Crippen LogP contribution in [0.5, 0.6) is 5.75 Å². The lowest BCUT2D eigenvalue weighted by Crippen LogP contribution is -1.98. The molecule has 0 heterocycles. The molecule has 0 aliphatic rings. The van der Waals surface area contributed by atoms with Gasteiger partial charge in [-0.05, 0) is 43.2 Å². The van der Waals surface area contributed by atoms with Gasteiger partial charge in [0.2, 0.25) is 0 Å². The molecule has 0 aliphatic carbocycles. The second-order valence-electron chi connectivity index (χ2n) is 4.36. The van der Waals surface area contributed by atoms with E-state index in [0.29, 0.717) is 6.54 Å². The molecule has 0 saturated carbocycles. The van der Waals surface area contributed by atoms with Crippen LogP contribution < -0.4 is 0 Å². The molecule has 2 aromatic carbocycles. The Morgan fingerprint density at radius 2 is 1.79 bits per heavy atom. The third kappa shape index (κ3) is 3.83. The Labute approximate surface area is 118 Å². The minimum Gasteiger partial charge on any atom is -0.507 e. The molecule has 0 amide bonds. The SMILES string of the molecule is CC(=NCCc1ccc(Cl)cc1)c1ccccc1O. The summed E-state index contributed by atoms with van der Waals surface area (Å²) in [4.78, 5) is 4.50. The Kier molecular flexibility index (Phi) is 4.58. The Morgan fingerprint density at radius 1 is 1.11 bits per heavy atom. The first-order valence-corrected chi connectivity index (χ1v) is 6.58. The standard InChI is InChI=1S/C16H16ClNO/c1-12(15-4-2-3-5-16(15)19)18-11-10-13-6-8-14(17)9-7-13/h2-9,19H,10-11H2,1H3. The second kappa shape index (κ2) is 6.39. The zero-order valence-corrected chi connectivity index (χ0v) is 11.6. The molecule has 2 nitrogen and oxygen atoms in total. The lowest BCUT2D eigenvalue weighted by atomic mass is 10.1. The van der Waals surface area contributed by atoms with Gasteiger partial charge in [0.15, 0.2) is 0 Å². The zero-order valence-electron chi connectivity index (χ0n) is 10.8. The first-order chi connectivity index (χ1) is 9.16. The number of halogens is 1. The number of aromatic hydroxyl groups is 1. The summed E-state index contributed by atoms with van der Waals surface area (Å²) >= 11 is 5.84. The molecule has 0 fully saturated rings. The maximum absolute atomic E-state index is 9.73. The van der Waals surface area contributed by atoms with Crippen molar-refractivity contribution >= 4 is 17.3 Å². The summed E-state index contributed by atoms with van der Waals surface area (Å²) in [5.41, 5.74) is 2.85. The number of rotatable bonds is 4. The van der Waals surface area contributed by atoms with Gasteiger partial charge >= 0.3 is 0 Å². The minimum absolute atomic E-state index is 0.273. The maximum atomic E-state index is 9.73. The van der Waals surface area contributed by atoms with Crippen LogP contribution in [-0.4, -0.2) is 17.4 Å². The van der Waals surface area contributed by atoms with E-state index in [2.05, 4.69) is 4.99 Å². The van der Waals surface area contributed by atoms with Crippen molar-refractivity contribution in [3.8, 4) is 5.75 Å². The van der Waals surface area contributed by atoms with Gasteiger partial charge in [0.25, 0.3) is 0 Å². The summed E-state index contributed by atoms with van der Waals surface area (Å²) in [5.74, 6) is 0.273. The number of para-hydroxylation sites is 1. The molecule has 2 rings (SSSR count). The topological polar surface area (TPSA) is 32.6 Å². The predicted octanol–water partition coefficient (Wildman–Crippen LogP) is 4.10. The number of hydrogen-bond donors (Lipinski definition) is 1. The highest BCUT2D eigenvalue weighted by Crippen LogP contribution is 2.16. The van der Waals surface area contributed by atoms with E-state index in [1.165, 1.54) is 5.56 Å². The van der Waals surface area contributed by atoms with Gasteiger partial charge in [-0.3, -0.25) is 4.99 Å². The van der Waals surface area contributed by atoms with Crippen molar-refractivity contribution in [1.29, 1.82) is 0 Å². The van der Waals surface area contributed by atoms with E-state index < -0.39 is 0 Å². The molecule has 0 atom stereocenters. The zero-order chi connectivity index (χ0) is 13.7. The molecular formula is C16H16ClNO. The van der Waals surface area contributed by atoms with Gasteiger partial charge in [-0.2, -0.15) is 0 Å². The number of aliphatic imine (C=N–C) groups is 1. The second-order valence-corrected chi connectivity index (χ2v) is 4.80. The van der Waals surface area contributed by atoms with Gasteiger partial charge in [-0.25, -0.2) is 0 Å². The molecule has 0 bridgehead atoms. The van der Waals surface area contributed by atoms with E-state index in [-0.39, 0.29) is 5.75 Å². The summed E-state index contributed by atoms with van der Waals surface area (Å²) in [6, 6.07) is 15.0. The molecule has 19 heavy (non-hydrogen) atoms. The van der Waals surface area contributed by atoms with Gasteiger partial charge in [-0.15, -0.1) is 0 Å². The molecule has 0 spiro atoms. The molecule has 0 aliphatic heterocycles. The van der Waals surface area contributed by atoms with Crippen molar-refractivity contribution < 1.29 is 5.11 Å². The fraction of sp³-hybridized carbons (Fsp3) is 0.188. The van der Waals surface area contributed by atoms with Crippen molar-refractivity contribution in [3.05, 3.63) is 64.7 Å². The first kappa shape index (κ1) is 13.6. The third-order valence-corrected chi connectivity index (χ3v) is 3.21. The van der Waals surface area contributed by atoms with E-state index >= 15 is 0 Å². The van der Waals surface area contributed by atoms with E-state index in [9.17, 15) is 5.11 Å². The molecule has 3 heteroatoms. The highest BCUT2D eigenvalue weighted by Gasteiger charge is 2.02.